The predicted molar refractivity (Wildman–Crippen MR) is 90.6 cm³/mol. The van der Waals surface area contributed by atoms with Crippen molar-refractivity contribution in [2.45, 2.75) is 25.7 Å². The SMILES string of the molecule is Cl.O=C(C=Cc1ccccc1)NCCCCN1CCCC1. The zero-order chi connectivity index (χ0) is 14.0. The molecule has 0 aromatic heterocycles. The van der Waals surface area contributed by atoms with Gasteiger partial charge in [0.2, 0.25) is 5.91 Å². The first-order chi connectivity index (χ1) is 9.84. The molecule has 1 fully saturated rings. The first kappa shape index (κ1) is 17.7. The molecule has 0 bridgehead atoms. The summed E-state index contributed by atoms with van der Waals surface area (Å²) in [5, 5.41) is 2.93. The molecule has 1 saturated heterocycles. The van der Waals surface area contributed by atoms with E-state index in [0.29, 0.717) is 0 Å². The average Bonchev–Trinajstić information content (AvgIpc) is 2.99. The van der Waals surface area contributed by atoms with Crippen LogP contribution >= 0.6 is 12.4 Å². The number of amides is 1. The zero-order valence-electron chi connectivity index (χ0n) is 12.5. The second kappa shape index (κ2) is 10.4. The minimum absolute atomic E-state index is 0. The lowest BCUT2D eigenvalue weighted by atomic mass is 10.2. The second-order valence-electron chi connectivity index (χ2n) is 5.29. The van der Waals surface area contributed by atoms with Crippen molar-refractivity contribution in [1.82, 2.24) is 10.2 Å². The number of nitrogens with one attached hydrogen (secondary N) is 1. The number of halogens is 1. The summed E-state index contributed by atoms with van der Waals surface area (Å²) < 4.78 is 0. The highest BCUT2D eigenvalue weighted by atomic mass is 35.5. The molecule has 4 heteroatoms. The van der Waals surface area contributed by atoms with Gasteiger partial charge in [0.05, 0.1) is 0 Å². The molecule has 1 heterocycles. The molecular weight excluding hydrogens is 284 g/mol. The van der Waals surface area contributed by atoms with Crippen LogP contribution in [0.3, 0.4) is 0 Å². The summed E-state index contributed by atoms with van der Waals surface area (Å²) in [6.45, 7) is 4.46. The lowest BCUT2D eigenvalue weighted by molar-refractivity contribution is -0.116. The summed E-state index contributed by atoms with van der Waals surface area (Å²) in [7, 11) is 0. The third-order valence-electron chi connectivity index (χ3n) is 3.63. The molecule has 21 heavy (non-hydrogen) atoms. The van der Waals surface area contributed by atoms with Crippen LogP contribution in [0, 0.1) is 0 Å². The van der Waals surface area contributed by atoms with Crippen LogP contribution in [0.4, 0.5) is 0 Å². The quantitative estimate of drug-likeness (QED) is 0.620. The van der Waals surface area contributed by atoms with Gasteiger partial charge in [0, 0.05) is 12.6 Å². The Bertz CT molecular complexity index is 428. The van der Waals surface area contributed by atoms with Gasteiger partial charge in [0.1, 0.15) is 0 Å². The van der Waals surface area contributed by atoms with Gasteiger partial charge < -0.3 is 10.2 Å². The van der Waals surface area contributed by atoms with Gasteiger partial charge in [-0.3, -0.25) is 4.79 Å². The Morgan fingerprint density at radius 1 is 1.14 bits per heavy atom. The van der Waals surface area contributed by atoms with Crippen molar-refractivity contribution in [3.05, 3.63) is 42.0 Å². The van der Waals surface area contributed by atoms with Crippen LogP contribution in [0.2, 0.25) is 0 Å². The van der Waals surface area contributed by atoms with Crippen LogP contribution in [-0.2, 0) is 4.79 Å². The van der Waals surface area contributed by atoms with Gasteiger partial charge in [0.25, 0.3) is 0 Å². The normalized spacial score (nSPS) is 15.0. The fourth-order valence-electron chi connectivity index (χ4n) is 2.47. The Hall–Kier alpha value is -1.32. The molecule has 0 spiro atoms. The molecule has 1 amide bonds. The second-order valence-corrected chi connectivity index (χ2v) is 5.29. The third kappa shape index (κ3) is 7.30. The monoisotopic (exact) mass is 308 g/mol. The molecule has 1 N–H and O–H groups in total. The van der Waals surface area contributed by atoms with E-state index in [2.05, 4.69) is 10.2 Å². The summed E-state index contributed by atoms with van der Waals surface area (Å²) in [6.07, 6.45) is 8.38. The number of benzene rings is 1. The zero-order valence-corrected chi connectivity index (χ0v) is 13.3. The summed E-state index contributed by atoms with van der Waals surface area (Å²) in [5.74, 6) is -0.00461. The lowest BCUT2D eigenvalue weighted by Crippen LogP contribution is -2.24. The van der Waals surface area contributed by atoms with Crippen LogP contribution in [-0.4, -0.2) is 37.0 Å². The van der Waals surface area contributed by atoms with E-state index in [0.717, 1.165) is 18.5 Å². The number of nitrogens with zero attached hydrogens (tertiary/aromatic N) is 1. The number of rotatable bonds is 7. The minimum atomic E-state index is -0.00461. The molecule has 1 aliphatic heterocycles. The van der Waals surface area contributed by atoms with E-state index in [-0.39, 0.29) is 18.3 Å². The Morgan fingerprint density at radius 2 is 1.86 bits per heavy atom. The van der Waals surface area contributed by atoms with Crippen LogP contribution in [0.5, 0.6) is 0 Å². The van der Waals surface area contributed by atoms with Gasteiger partial charge in [-0.1, -0.05) is 30.3 Å². The van der Waals surface area contributed by atoms with Crippen molar-refractivity contribution in [2.24, 2.45) is 0 Å². The number of hydrogen-bond acceptors (Lipinski definition) is 2. The van der Waals surface area contributed by atoms with Gasteiger partial charge >= 0.3 is 0 Å². The van der Waals surface area contributed by atoms with E-state index in [1.165, 1.54) is 38.9 Å². The van der Waals surface area contributed by atoms with E-state index in [4.69, 9.17) is 0 Å². The van der Waals surface area contributed by atoms with E-state index >= 15 is 0 Å². The maximum Gasteiger partial charge on any atom is 0.243 e. The van der Waals surface area contributed by atoms with Crippen molar-refractivity contribution < 1.29 is 4.79 Å². The maximum absolute atomic E-state index is 11.6. The summed E-state index contributed by atoms with van der Waals surface area (Å²) in [6, 6.07) is 9.88. The molecular formula is C17H25ClN2O. The van der Waals surface area contributed by atoms with Crippen LogP contribution in [0.15, 0.2) is 36.4 Å². The highest BCUT2D eigenvalue weighted by Crippen LogP contribution is 2.07. The highest BCUT2D eigenvalue weighted by Gasteiger charge is 2.09. The molecule has 1 aromatic rings. The van der Waals surface area contributed by atoms with E-state index in [1.807, 2.05) is 36.4 Å². The van der Waals surface area contributed by atoms with Crippen molar-refractivity contribution in [3.63, 3.8) is 0 Å². The molecule has 2 rings (SSSR count). The van der Waals surface area contributed by atoms with E-state index in [9.17, 15) is 4.79 Å². The first-order valence-electron chi connectivity index (χ1n) is 7.58. The molecule has 0 aliphatic carbocycles. The fraction of sp³-hybridized carbons (Fsp3) is 0.471. The van der Waals surface area contributed by atoms with E-state index in [1.54, 1.807) is 6.08 Å². The Balaban J connectivity index is 0.00000220. The van der Waals surface area contributed by atoms with Gasteiger partial charge in [-0.25, -0.2) is 0 Å². The van der Waals surface area contributed by atoms with Crippen LogP contribution in [0.1, 0.15) is 31.2 Å². The number of carbonyl (C=O) groups excluding carboxylic acids is 1. The number of carbonyl (C=O) groups is 1. The number of hydrogen-bond donors (Lipinski definition) is 1. The van der Waals surface area contributed by atoms with Crippen molar-refractivity contribution in [2.75, 3.05) is 26.2 Å². The standard InChI is InChI=1S/C17H24N2O.ClH/c20-17(11-10-16-8-2-1-3-9-16)18-12-4-5-13-19-14-6-7-15-19;/h1-3,8-11H,4-7,12-15H2,(H,18,20);1H. The van der Waals surface area contributed by atoms with Gasteiger partial charge in [0.15, 0.2) is 0 Å². The Kier molecular flexibility index (Phi) is 8.79. The molecule has 116 valence electrons. The molecule has 1 aromatic carbocycles. The summed E-state index contributed by atoms with van der Waals surface area (Å²) >= 11 is 0. The number of unbranched alkanes of at least 4 members (excludes halogenated alkanes) is 1. The van der Waals surface area contributed by atoms with Crippen LogP contribution in [0.25, 0.3) is 6.08 Å². The Morgan fingerprint density at radius 3 is 2.57 bits per heavy atom. The average molecular weight is 309 g/mol. The van der Waals surface area contributed by atoms with Crippen molar-refractivity contribution in [3.8, 4) is 0 Å². The highest BCUT2D eigenvalue weighted by molar-refractivity contribution is 5.91. The van der Waals surface area contributed by atoms with Gasteiger partial charge in [-0.2, -0.15) is 0 Å². The minimum Gasteiger partial charge on any atom is -0.353 e. The van der Waals surface area contributed by atoms with Gasteiger partial charge in [-0.05, 0) is 57.0 Å². The topological polar surface area (TPSA) is 32.3 Å². The summed E-state index contributed by atoms with van der Waals surface area (Å²) in [4.78, 5) is 14.1. The lowest BCUT2D eigenvalue weighted by Gasteiger charge is -2.13. The fourth-order valence-corrected chi connectivity index (χ4v) is 2.47. The molecule has 0 unspecified atom stereocenters. The molecule has 3 nitrogen and oxygen atoms in total. The molecule has 0 atom stereocenters. The molecule has 1 aliphatic rings. The maximum atomic E-state index is 11.6. The third-order valence-corrected chi connectivity index (χ3v) is 3.63. The predicted octanol–water partition coefficient (Wildman–Crippen LogP) is 3.11. The number of likely N-dealkylation sites (tertiary alicyclic amines) is 1. The van der Waals surface area contributed by atoms with Crippen LogP contribution < -0.4 is 5.32 Å². The first-order valence-corrected chi connectivity index (χ1v) is 7.58. The van der Waals surface area contributed by atoms with E-state index < -0.39 is 0 Å². The molecule has 0 saturated carbocycles. The van der Waals surface area contributed by atoms with Gasteiger partial charge in [-0.15, -0.1) is 12.4 Å². The summed E-state index contributed by atoms with van der Waals surface area (Å²) in [5.41, 5.74) is 1.05. The molecule has 0 radical (unpaired) electrons. The Labute approximate surface area is 133 Å². The van der Waals surface area contributed by atoms with Crippen molar-refractivity contribution in [1.29, 1.82) is 0 Å². The van der Waals surface area contributed by atoms with Crippen molar-refractivity contribution >= 4 is 24.4 Å². The largest absolute Gasteiger partial charge is 0.353 e. The smallest absolute Gasteiger partial charge is 0.243 e.